The van der Waals surface area contributed by atoms with Crippen molar-refractivity contribution in [2.24, 2.45) is 17.8 Å². The van der Waals surface area contributed by atoms with E-state index in [4.69, 9.17) is 10.00 Å². The molecule has 1 amide bonds. The molecular weight excluding hydrogens is 333 g/mol. The topological polar surface area (TPSA) is 65.4 Å². The van der Waals surface area contributed by atoms with E-state index in [0.29, 0.717) is 17.9 Å². The van der Waals surface area contributed by atoms with E-state index < -0.39 is 12.2 Å². The van der Waals surface area contributed by atoms with Crippen molar-refractivity contribution in [2.45, 2.75) is 75.7 Å². The van der Waals surface area contributed by atoms with Crippen LogP contribution in [-0.2, 0) is 9.53 Å². The summed E-state index contributed by atoms with van der Waals surface area (Å²) in [7, 11) is 0. The molecule has 26 heavy (non-hydrogen) atoms. The first-order valence-electron chi connectivity index (χ1n) is 10.2. The number of alkyl halides is 1. The Hall–Kier alpha value is -1.19. The van der Waals surface area contributed by atoms with Crippen LogP contribution in [0.4, 0.5) is 4.39 Å². The molecule has 6 atom stereocenters. The SMILES string of the molecule is CC1(NCC(=O)N2C[C@@H](F)C[C@H]2C#N)C[C@H]2C[C@H](OCC3CC3)C[C@H]2C1. The minimum Gasteiger partial charge on any atom is -0.378 e. The van der Waals surface area contributed by atoms with Crippen LogP contribution in [0, 0.1) is 29.1 Å². The van der Waals surface area contributed by atoms with Crippen molar-refractivity contribution >= 4 is 5.91 Å². The molecule has 1 aliphatic heterocycles. The van der Waals surface area contributed by atoms with Gasteiger partial charge in [0, 0.05) is 18.6 Å². The Labute approximate surface area is 155 Å². The summed E-state index contributed by atoms with van der Waals surface area (Å²) < 4.78 is 19.6. The minimum absolute atomic E-state index is 0.0383. The number of hydrogen-bond acceptors (Lipinski definition) is 4. The lowest BCUT2D eigenvalue weighted by Crippen LogP contribution is -2.48. The Bertz CT molecular complexity index is 574. The van der Waals surface area contributed by atoms with E-state index >= 15 is 0 Å². The van der Waals surface area contributed by atoms with E-state index in [-0.39, 0.29) is 31.0 Å². The normalized spacial score (nSPS) is 42.0. The van der Waals surface area contributed by atoms with Crippen molar-refractivity contribution in [1.29, 1.82) is 5.26 Å². The summed E-state index contributed by atoms with van der Waals surface area (Å²) in [5.74, 6) is 2.03. The highest BCUT2D eigenvalue weighted by Gasteiger charge is 2.48. The van der Waals surface area contributed by atoms with E-state index in [2.05, 4.69) is 12.2 Å². The second-order valence-electron chi connectivity index (χ2n) is 9.24. The number of hydrogen-bond donors (Lipinski definition) is 1. The number of likely N-dealkylation sites (tertiary alicyclic amines) is 1. The van der Waals surface area contributed by atoms with Crippen LogP contribution in [0.25, 0.3) is 0 Å². The van der Waals surface area contributed by atoms with Gasteiger partial charge in [0.25, 0.3) is 0 Å². The summed E-state index contributed by atoms with van der Waals surface area (Å²) >= 11 is 0. The molecule has 0 aromatic carbocycles. The van der Waals surface area contributed by atoms with Crippen LogP contribution in [0.5, 0.6) is 0 Å². The Morgan fingerprint density at radius 3 is 2.62 bits per heavy atom. The van der Waals surface area contributed by atoms with Crippen molar-refractivity contribution < 1.29 is 13.9 Å². The maximum atomic E-state index is 13.5. The third kappa shape index (κ3) is 3.89. The van der Waals surface area contributed by atoms with E-state index in [1.807, 2.05) is 6.07 Å². The molecule has 0 radical (unpaired) electrons. The largest absolute Gasteiger partial charge is 0.378 e. The molecule has 1 saturated heterocycles. The number of halogens is 1. The lowest BCUT2D eigenvalue weighted by molar-refractivity contribution is -0.130. The van der Waals surface area contributed by atoms with Gasteiger partial charge in [0.05, 0.1) is 25.3 Å². The molecule has 0 bridgehead atoms. The van der Waals surface area contributed by atoms with Crippen LogP contribution >= 0.6 is 0 Å². The maximum absolute atomic E-state index is 13.5. The fourth-order valence-electron chi connectivity index (χ4n) is 5.31. The minimum atomic E-state index is -1.07. The van der Waals surface area contributed by atoms with Gasteiger partial charge in [-0.15, -0.1) is 0 Å². The summed E-state index contributed by atoms with van der Waals surface area (Å²) in [6.07, 6.45) is 6.61. The first-order valence-corrected chi connectivity index (χ1v) is 10.2. The molecule has 144 valence electrons. The lowest BCUT2D eigenvalue weighted by atomic mass is 9.95. The van der Waals surface area contributed by atoms with Gasteiger partial charge < -0.3 is 15.0 Å². The number of nitriles is 1. The summed E-state index contributed by atoms with van der Waals surface area (Å²) in [5.41, 5.74) is -0.0383. The lowest BCUT2D eigenvalue weighted by Gasteiger charge is -2.29. The van der Waals surface area contributed by atoms with Gasteiger partial charge in [-0.25, -0.2) is 4.39 Å². The second kappa shape index (κ2) is 7.09. The first kappa shape index (κ1) is 18.2. The molecule has 1 N–H and O–H groups in total. The number of nitrogens with zero attached hydrogens (tertiary/aromatic N) is 2. The van der Waals surface area contributed by atoms with Gasteiger partial charge in [-0.2, -0.15) is 5.26 Å². The molecule has 0 spiro atoms. The smallest absolute Gasteiger partial charge is 0.237 e. The molecule has 3 saturated carbocycles. The summed E-state index contributed by atoms with van der Waals surface area (Å²) in [5, 5.41) is 12.5. The quantitative estimate of drug-likeness (QED) is 0.787. The van der Waals surface area contributed by atoms with Crippen LogP contribution in [-0.4, -0.2) is 54.4 Å². The number of amides is 1. The fraction of sp³-hybridized carbons (Fsp3) is 0.900. The second-order valence-corrected chi connectivity index (χ2v) is 9.24. The van der Waals surface area contributed by atoms with Crippen molar-refractivity contribution in [1.82, 2.24) is 10.2 Å². The Kier molecular flexibility index (Phi) is 4.96. The van der Waals surface area contributed by atoms with Gasteiger partial charge in [0.2, 0.25) is 5.91 Å². The maximum Gasteiger partial charge on any atom is 0.237 e. The standard InChI is InChI=1S/C20H30FN3O2/c1-20(23-10-19(25)24-11-16(21)6-17(24)9-22)7-14-4-18(5-15(14)8-20)26-12-13-2-3-13/h13-18,23H,2-8,10-12H2,1H3/t14-,15+,16-,17-,18+,20?/m0/s1. The average molecular weight is 363 g/mol. The zero-order valence-electron chi connectivity index (χ0n) is 15.6. The molecule has 0 aromatic heterocycles. The third-order valence-corrected chi connectivity index (χ3v) is 6.87. The van der Waals surface area contributed by atoms with Crippen LogP contribution in [0.1, 0.15) is 51.9 Å². The number of rotatable bonds is 6. The van der Waals surface area contributed by atoms with Gasteiger partial charge in [-0.1, -0.05) is 0 Å². The average Bonchev–Trinajstić information content (AvgIpc) is 3.14. The zero-order chi connectivity index (χ0) is 18.3. The van der Waals surface area contributed by atoms with Crippen LogP contribution in [0.3, 0.4) is 0 Å². The van der Waals surface area contributed by atoms with E-state index in [0.717, 1.165) is 38.2 Å². The Morgan fingerprint density at radius 1 is 1.31 bits per heavy atom. The molecule has 6 heteroatoms. The highest BCUT2D eigenvalue weighted by atomic mass is 19.1. The zero-order valence-corrected chi connectivity index (χ0v) is 15.6. The molecule has 0 aromatic rings. The molecule has 3 aliphatic carbocycles. The fourth-order valence-corrected chi connectivity index (χ4v) is 5.31. The molecule has 1 unspecified atom stereocenters. The van der Waals surface area contributed by atoms with E-state index in [9.17, 15) is 9.18 Å². The number of carbonyl (C=O) groups is 1. The highest BCUT2D eigenvalue weighted by molar-refractivity contribution is 5.79. The molecule has 1 heterocycles. The van der Waals surface area contributed by atoms with Crippen molar-refractivity contribution in [3.05, 3.63) is 0 Å². The molecule has 4 rings (SSSR count). The summed E-state index contributed by atoms with van der Waals surface area (Å²) in [6, 6.07) is 1.44. The van der Waals surface area contributed by atoms with Crippen LogP contribution < -0.4 is 5.32 Å². The first-order chi connectivity index (χ1) is 12.5. The summed E-state index contributed by atoms with van der Waals surface area (Å²) in [4.78, 5) is 13.8. The van der Waals surface area contributed by atoms with E-state index in [1.54, 1.807) is 0 Å². The molecular formula is C20H30FN3O2. The molecule has 5 nitrogen and oxygen atoms in total. The van der Waals surface area contributed by atoms with E-state index in [1.165, 1.54) is 17.7 Å². The van der Waals surface area contributed by atoms with Crippen molar-refractivity contribution in [3.8, 4) is 6.07 Å². The number of nitrogens with one attached hydrogen (secondary N) is 1. The summed E-state index contributed by atoms with van der Waals surface area (Å²) in [6.45, 7) is 3.39. The predicted octanol–water partition coefficient (Wildman–Crippen LogP) is 2.41. The van der Waals surface area contributed by atoms with Crippen LogP contribution in [0.15, 0.2) is 0 Å². The van der Waals surface area contributed by atoms with Crippen LogP contribution in [0.2, 0.25) is 0 Å². The number of fused-ring (bicyclic) bond motifs is 1. The molecule has 4 aliphatic rings. The number of ether oxygens (including phenoxy) is 1. The van der Waals surface area contributed by atoms with Crippen molar-refractivity contribution in [2.75, 3.05) is 19.7 Å². The Morgan fingerprint density at radius 2 is 2.00 bits per heavy atom. The van der Waals surface area contributed by atoms with Crippen molar-refractivity contribution in [3.63, 3.8) is 0 Å². The van der Waals surface area contributed by atoms with Gasteiger partial charge >= 0.3 is 0 Å². The Balaban J connectivity index is 1.23. The third-order valence-electron chi connectivity index (χ3n) is 6.87. The monoisotopic (exact) mass is 363 g/mol. The molecule has 4 fully saturated rings. The van der Waals surface area contributed by atoms with Gasteiger partial charge in [-0.05, 0) is 63.2 Å². The predicted molar refractivity (Wildman–Crippen MR) is 94.9 cm³/mol. The van der Waals surface area contributed by atoms with Gasteiger partial charge in [-0.3, -0.25) is 4.79 Å². The van der Waals surface area contributed by atoms with Gasteiger partial charge in [0.15, 0.2) is 0 Å². The highest BCUT2D eigenvalue weighted by Crippen LogP contribution is 2.49. The number of carbonyl (C=O) groups excluding carboxylic acids is 1. The van der Waals surface area contributed by atoms with Gasteiger partial charge in [0.1, 0.15) is 12.2 Å².